The predicted molar refractivity (Wildman–Crippen MR) is 127 cm³/mol. The number of fused-ring (bicyclic) bond motifs is 8. The summed E-state index contributed by atoms with van der Waals surface area (Å²) in [7, 11) is 0. The first kappa shape index (κ1) is 17.9. The summed E-state index contributed by atoms with van der Waals surface area (Å²) in [5.41, 5.74) is 2.25. The molecule has 8 nitrogen and oxygen atoms in total. The van der Waals surface area contributed by atoms with Crippen molar-refractivity contribution in [2.24, 2.45) is 0 Å². The molecule has 0 aliphatic rings. The van der Waals surface area contributed by atoms with Crippen molar-refractivity contribution in [1.82, 2.24) is 19.9 Å². The quantitative estimate of drug-likeness (QED) is 0.219. The van der Waals surface area contributed by atoms with E-state index in [4.69, 9.17) is 13.1 Å². The highest BCUT2D eigenvalue weighted by atomic mass is 15.0. The number of aromatic nitrogens is 4. The number of benzene rings is 3. The maximum absolute atomic E-state index is 9.55. The van der Waals surface area contributed by atoms with E-state index < -0.39 is 0 Å². The van der Waals surface area contributed by atoms with E-state index in [-0.39, 0.29) is 23.0 Å². The van der Waals surface area contributed by atoms with Gasteiger partial charge in [0.15, 0.2) is 11.4 Å². The molecule has 0 fully saturated rings. The van der Waals surface area contributed by atoms with Crippen LogP contribution in [0.3, 0.4) is 0 Å². The molecule has 0 N–H and O–H groups in total. The summed E-state index contributed by atoms with van der Waals surface area (Å²) in [6, 6.07) is 15.6. The highest BCUT2D eigenvalue weighted by Gasteiger charge is 2.28. The van der Waals surface area contributed by atoms with Gasteiger partial charge in [-0.05, 0) is 16.8 Å². The van der Waals surface area contributed by atoms with Gasteiger partial charge in [0, 0.05) is 32.3 Å². The second kappa shape index (κ2) is 5.96. The van der Waals surface area contributed by atoms with Gasteiger partial charge >= 0.3 is 0 Å². The van der Waals surface area contributed by atoms with Crippen molar-refractivity contribution in [2.45, 2.75) is 0 Å². The largest absolute Gasteiger partial charge is 0.370 e. The number of rotatable bonds is 0. The fourth-order valence-corrected chi connectivity index (χ4v) is 5.10. The maximum Gasteiger partial charge on any atom is 0.294 e. The van der Waals surface area contributed by atoms with E-state index in [2.05, 4.69) is 29.6 Å². The SMILES string of the molecule is [C-]#[N+]c1nc2c3cccc4c3c(c3cccc5c6nc(C#N)c(C#N)nc6c4c53)c2nc1[N+]#[C-]. The minimum atomic E-state index is -0.0260. The summed E-state index contributed by atoms with van der Waals surface area (Å²) in [6.45, 7) is 14.9. The van der Waals surface area contributed by atoms with Crippen molar-refractivity contribution in [3.05, 3.63) is 70.6 Å². The lowest BCUT2D eigenvalue weighted by Gasteiger charge is -2.05. The van der Waals surface area contributed by atoms with E-state index in [0.29, 0.717) is 22.1 Å². The van der Waals surface area contributed by atoms with Crippen LogP contribution in [0.15, 0.2) is 36.4 Å². The highest BCUT2D eigenvalue weighted by Crippen LogP contribution is 2.49. The summed E-state index contributed by atoms with van der Waals surface area (Å²) in [5, 5.41) is 26.0. The summed E-state index contributed by atoms with van der Waals surface area (Å²) in [5.74, 6) is -0.0447. The predicted octanol–water partition coefficient (Wildman–Crippen LogP) is 5.91. The number of nitrogens with zero attached hydrogens (tertiary/aromatic N) is 8. The van der Waals surface area contributed by atoms with Crippen molar-refractivity contribution in [2.75, 3.05) is 0 Å². The summed E-state index contributed by atoms with van der Waals surface area (Å²) in [4.78, 5) is 25.0. The van der Waals surface area contributed by atoms with Crippen LogP contribution < -0.4 is 0 Å². The zero-order valence-electron chi connectivity index (χ0n) is 17.0. The Hall–Kier alpha value is -5.70. The molecule has 2 heterocycles. The van der Waals surface area contributed by atoms with Gasteiger partial charge in [-0.3, -0.25) is 0 Å². The number of nitriles is 2. The molecule has 2 aromatic heterocycles. The van der Waals surface area contributed by atoms with Crippen LogP contribution in [0, 0.1) is 35.8 Å². The van der Waals surface area contributed by atoms with E-state index in [1.165, 1.54) is 0 Å². The molecule has 0 aliphatic carbocycles. The van der Waals surface area contributed by atoms with Crippen LogP contribution in [0.25, 0.3) is 74.8 Å². The fraction of sp³-hybridized carbons (Fsp3) is 0. The molecule has 34 heavy (non-hydrogen) atoms. The van der Waals surface area contributed by atoms with Crippen molar-refractivity contribution < 1.29 is 0 Å². The third-order valence-corrected chi connectivity index (χ3v) is 6.33. The molecule has 0 saturated carbocycles. The first-order valence-corrected chi connectivity index (χ1v) is 10.1. The first-order valence-electron chi connectivity index (χ1n) is 10.1. The average Bonchev–Trinajstić information content (AvgIpc) is 3.39. The second-order valence-corrected chi connectivity index (χ2v) is 7.84. The molecule has 0 unspecified atom stereocenters. The topological polar surface area (TPSA) is 108 Å². The Labute approximate surface area is 190 Å². The molecule has 0 aliphatic heterocycles. The second-order valence-electron chi connectivity index (χ2n) is 7.84. The van der Waals surface area contributed by atoms with E-state index >= 15 is 0 Å². The first-order chi connectivity index (χ1) is 16.7. The molecular weight excluding hydrogens is 424 g/mol. The van der Waals surface area contributed by atoms with Crippen molar-refractivity contribution in [1.29, 1.82) is 10.5 Å². The Bertz CT molecular complexity index is 2060. The van der Waals surface area contributed by atoms with Gasteiger partial charge in [0.2, 0.25) is 11.0 Å². The van der Waals surface area contributed by atoms with E-state index in [1.54, 1.807) is 0 Å². The van der Waals surface area contributed by atoms with Crippen LogP contribution in [0.2, 0.25) is 0 Å². The fourth-order valence-electron chi connectivity index (χ4n) is 5.10. The van der Waals surface area contributed by atoms with Gasteiger partial charge < -0.3 is 9.69 Å². The van der Waals surface area contributed by atoms with Gasteiger partial charge in [-0.1, -0.05) is 43.5 Å². The van der Waals surface area contributed by atoms with Crippen LogP contribution in [0.1, 0.15) is 11.4 Å². The van der Waals surface area contributed by atoms with E-state index in [1.807, 2.05) is 48.5 Å². The monoisotopic (exact) mass is 430 g/mol. The lowest BCUT2D eigenvalue weighted by molar-refractivity contribution is 1.21. The van der Waals surface area contributed by atoms with Crippen LogP contribution in [0.4, 0.5) is 11.6 Å². The van der Waals surface area contributed by atoms with Crippen molar-refractivity contribution >= 4 is 76.8 Å². The zero-order chi connectivity index (χ0) is 23.1. The molecular formula is C26H6N8. The lowest BCUT2D eigenvalue weighted by atomic mass is 9.96. The summed E-state index contributed by atoms with van der Waals surface area (Å²) in [6.07, 6.45) is 0. The van der Waals surface area contributed by atoms with Gasteiger partial charge in [0.05, 0.1) is 11.0 Å². The molecule has 8 heteroatoms. The zero-order valence-corrected chi connectivity index (χ0v) is 17.0. The van der Waals surface area contributed by atoms with Gasteiger partial charge in [0.25, 0.3) is 11.6 Å². The Morgan fingerprint density at radius 2 is 0.971 bits per heavy atom. The minimum Gasteiger partial charge on any atom is -0.370 e. The number of hydrogen-bond donors (Lipinski definition) is 0. The van der Waals surface area contributed by atoms with Gasteiger partial charge in [-0.2, -0.15) is 10.5 Å². The van der Waals surface area contributed by atoms with Crippen LogP contribution in [-0.2, 0) is 0 Å². The summed E-state index contributed by atoms with van der Waals surface area (Å²) < 4.78 is 0. The number of hydrogen-bond acceptors (Lipinski definition) is 6. The van der Waals surface area contributed by atoms with Gasteiger partial charge in [-0.15, -0.1) is 9.97 Å². The third kappa shape index (κ3) is 1.89. The maximum atomic E-state index is 9.55. The van der Waals surface area contributed by atoms with E-state index in [0.717, 1.165) is 43.1 Å². The van der Waals surface area contributed by atoms with E-state index in [9.17, 15) is 10.5 Å². The minimum absolute atomic E-state index is 0.00652. The molecule has 0 atom stereocenters. The van der Waals surface area contributed by atoms with Crippen LogP contribution >= 0.6 is 0 Å². The Morgan fingerprint density at radius 3 is 1.47 bits per heavy atom. The smallest absolute Gasteiger partial charge is 0.294 e. The van der Waals surface area contributed by atoms with Gasteiger partial charge in [0.1, 0.15) is 12.1 Å². The molecule has 5 aromatic carbocycles. The molecule has 150 valence electrons. The average molecular weight is 430 g/mol. The molecule has 0 spiro atoms. The Kier molecular flexibility index (Phi) is 3.14. The molecule has 0 bridgehead atoms. The van der Waals surface area contributed by atoms with Crippen LogP contribution in [0.5, 0.6) is 0 Å². The standard InChI is InChI=1S/C26H6N8/c1-29-25-26(30-2)34-24-20-12-6-3-7-13-17(12)19(11-5-4-8-14(18(11)20)22(24)33-25)23-21(13)31-15(9-27)16(10-28)32-23/h3-8H. The molecule has 7 rings (SSSR count). The van der Waals surface area contributed by atoms with Crippen LogP contribution in [-0.4, -0.2) is 19.9 Å². The normalized spacial score (nSPS) is 11.4. The Morgan fingerprint density at radius 1 is 0.559 bits per heavy atom. The lowest BCUT2D eigenvalue weighted by Crippen LogP contribution is -1.93. The van der Waals surface area contributed by atoms with Crippen molar-refractivity contribution in [3.8, 4) is 12.1 Å². The highest BCUT2D eigenvalue weighted by molar-refractivity contribution is 6.46. The summed E-state index contributed by atoms with van der Waals surface area (Å²) >= 11 is 0. The Balaban J connectivity index is 1.87. The molecule has 0 saturated heterocycles. The molecule has 0 radical (unpaired) electrons. The molecule has 0 amide bonds. The van der Waals surface area contributed by atoms with Crippen molar-refractivity contribution in [3.63, 3.8) is 0 Å². The van der Waals surface area contributed by atoms with Gasteiger partial charge in [-0.25, -0.2) is 9.97 Å². The molecule has 7 aromatic rings. The third-order valence-electron chi connectivity index (χ3n) is 6.33.